The molecule has 30 heavy (non-hydrogen) atoms. The van der Waals surface area contributed by atoms with Gasteiger partial charge in [0.25, 0.3) is 0 Å². The molecule has 1 N–H and O–H groups in total. The maximum Gasteiger partial charge on any atom is 0.171 e. The summed E-state index contributed by atoms with van der Waals surface area (Å²) in [4.78, 5) is 0. The van der Waals surface area contributed by atoms with Crippen molar-refractivity contribution in [1.29, 1.82) is 0 Å². The Kier molecular flexibility index (Phi) is 4.58. The molecule has 2 aliphatic heterocycles. The van der Waals surface area contributed by atoms with Gasteiger partial charge in [0.1, 0.15) is 0 Å². The minimum absolute atomic E-state index is 0.0389. The maximum absolute atomic E-state index is 10.3. The number of ether oxygens (including phenoxy) is 2. The lowest BCUT2D eigenvalue weighted by atomic mass is 9.44. The Balaban J connectivity index is 1.26. The molecule has 0 amide bonds. The molecule has 2 saturated heterocycles. The van der Waals surface area contributed by atoms with Crippen LogP contribution in [0.25, 0.3) is 0 Å². The van der Waals surface area contributed by atoms with Gasteiger partial charge in [-0.3, -0.25) is 0 Å². The normalized spacial score (nSPS) is 62.5. The molecule has 0 aromatic carbocycles. The molecule has 3 heteroatoms. The third-order valence-electron chi connectivity index (χ3n) is 11.9. The summed E-state index contributed by atoms with van der Waals surface area (Å²) in [6.07, 6.45) is 12.9. The lowest BCUT2D eigenvalue weighted by Crippen LogP contribution is -2.55. The highest BCUT2D eigenvalue weighted by molar-refractivity contribution is 5.15. The highest BCUT2D eigenvalue weighted by atomic mass is 16.7. The topological polar surface area (TPSA) is 38.7 Å². The van der Waals surface area contributed by atoms with Crippen molar-refractivity contribution in [2.45, 2.75) is 110 Å². The average molecular weight is 417 g/mol. The molecular weight excluding hydrogens is 372 g/mol. The molecule has 6 rings (SSSR count). The van der Waals surface area contributed by atoms with Gasteiger partial charge < -0.3 is 14.6 Å². The molecule has 1 spiro atoms. The molecule has 0 bridgehead atoms. The van der Waals surface area contributed by atoms with E-state index in [1.54, 1.807) is 0 Å². The van der Waals surface area contributed by atoms with Crippen molar-refractivity contribution in [3.8, 4) is 0 Å². The van der Waals surface area contributed by atoms with Gasteiger partial charge in [-0.05, 0) is 104 Å². The maximum atomic E-state index is 10.3. The van der Waals surface area contributed by atoms with Crippen LogP contribution < -0.4 is 0 Å². The second kappa shape index (κ2) is 6.70. The minimum atomic E-state index is -0.282. The standard InChI is InChI=1S/C27H44O3/c1-16-7-12-27(29-15-16)17(2)24-23(30-27)14-22-20-6-5-18-13-19(28)8-10-25(18,3)21(20)9-11-26(22,24)4/h16-24,28H,5-15H2,1-4H3/t16-,17-,18+,19+,20-,21+,22+,23+,24+,25+,26+,27+/m1/s1. The van der Waals surface area contributed by atoms with Crippen molar-refractivity contribution >= 4 is 0 Å². The fourth-order valence-corrected chi connectivity index (χ4v) is 10.3. The van der Waals surface area contributed by atoms with Crippen LogP contribution >= 0.6 is 0 Å². The van der Waals surface area contributed by atoms with Crippen LogP contribution in [0.2, 0.25) is 0 Å². The van der Waals surface area contributed by atoms with E-state index in [1.807, 2.05) is 0 Å². The van der Waals surface area contributed by atoms with Gasteiger partial charge in [-0.1, -0.05) is 27.7 Å². The molecule has 0 radical (unpaired) electrons. The molecule has 6 aliphatic rings. The lowest BCUT2D eigenvalue weighted by Gasteiger charge is -2.61. The van der Waals surface area contributed by atoms with Crippen molar-refractivity contribution in [3.05, 3.63) is 0 Å². The van der Waals surface area contributed by atoms with Gasteiger partial charge in [0.2, 0.25) is 0 Å². The molecule has 0 unspecified atom stereocenters. The Morgan fingerprint density at radius 3 is 2.40 bits per heavy atom. The molecule has 4 saturated carbocycles. The summed E-state index contributed by atoms with van der Waals surface area (Å²) >= 11 is 0. The molecular formula is C27H44O3. The van der Waals surface area contributed by atoms with E-state index < -0.39 is 0 Å². The molecule has 2 heterocycles. The van der Waals surface area contributed by atoms with E-state index in [1.165, 1.54) is 44.9 Å². The number of rotatable bonds is 0. The highest BCUT2D eigenvalue weighted by Gasteiger charge is 2.69. The zero-order valence-electron chi connectivity index (χ0n) is 19.7. The number of aliphatic hydroxyl groups excluding tert-OH is 1. The van der Waals surface area contributed by atoms with E-state index in [0.717, 1.165) is 49.5 Å². The average Bonchev–Trinajstić information content (AvgIpc) is 3.16. The quantitative estimate of drug-likeness (QED) is 0.543. The summed E-state index contributed by atoms with van der Waals surface area (Å²) in [7, 11) is 0. The van der Waals surface area contributed by atoms with Gasteiger partial charge in [0, 0.05) is 12.3 Å². The fourth-order valence-electron chi connectivity index (χ4n) is 10.3. The smallest absolute Gasteiger partial charge is 0.171 e. The zero-order valence-corrected chi connectivity index (χ0v) is 19.7. The second-order valence-corrected chi connectivity index (χ2v) is 13.1. The Hall–Kier alpha value is -0.120. The first-order valence-corrected chi connectivity index (χ1v) is 13.3. The second-order valence-electron chi connectivity index (χ2n) is 13.1. The van der Waals surface area contributed by atoms with Crippen molar-refractivity contribution in [1.82, 2.24) is 0 Å². The molecule has 3 nitrogen and oxygen atoms in total. The van der Waals surface area contributed by atoms with Crippen LogP contribution in [0.3, 0.4) is 0 Å². The van der Waals surface area contributed by atoms with Crippen molar-refractivity contribution in [2.24, 2.45) is 52.3 Å². The summed E-state index contributed by atoms with van der Waals surface area (Å²) < 4.78 is 13.4. The number of fused-ring (bicyclic) bond motifs is 7. The Morgan fingerprint density at radius 1 is 0.833 bits per heavy atom. The minimum Gasteiger partial charge on any atom is -0.393 e. The van der Waals surface area contributed by atoms with E-state index in [2.05, 4.69) is 27.7 Å². The largest absolute Gasteiger partial charge is 0.393 e. The summed E-state index contributed by atoms with van der Waals surface area (Å²) in [5.41, 5.74) is 0.899. The van der Waals surface area contributed by atoms with E-state index in [4.69, 9.17) is 9.47 Å². The first-order chi connectivity index (χ1) is 14.3. The predicted molar refractivity (Wildman–Crippen MR) is 118 cm³/mol. The predicted octanol–water partition coefficient (Wildman–Crippen LogP) is 5.79. The van der Waals surface area contributed by atoms with Gasteiger partial charge >= 0.3 is 0 Å². The number of hydrogen-bond acceptors (Lipinski definition) is 3. The zero-order chi connectivity index (χ0) is 20.9. The van der Waals surface area contributed by atoms with Crippen LogP contribution in [0.15, 0.2) is 0 Å². The number of aliphatic hydroxyl groups is 1. The van der Waals surface area contributed by atoms with Gasteiger partial charge in [-0.25, -0.2) is 0 Å². The van der Waals surface area contributed by atoms with Crippen LogP contribution in [0.5, 0.6) is 0 Å². The SMILES string of the molecule is C[C@@H]1CC[C@]2(OC1)O[C@H]1C[C@H]3[C@@H]4CC[C@H]5C[C@@H](O)CC[C@]5(C)[C@H]4CC[C@]3(C)[C@H]1[C@H]2C. The Bertz CT molecular complexity index is 684. The van der Waals surface area contributed by atoms with Crippen LogP contribution in [0.1, 0.15) is 91.9 Å². The van der Waals surface area contributed by atoms with Crippen molar-refractivity contribution in [3.63, 3.8) is 0 Å². The monoisotopic (exact) mass is 416 g/mol. The Labute approximate surface area is 183 Å². The van der Waals surface area contributed by atoms with Crippen molar-refractivity contribution < 1.29 is 14.6 Å². The highest BCUT2D eigenvalue weighted by Crippen LogP contribution is 2.71. The number of hydrogen-bond donors (Lipinski definition) is 1. The molecule has 6 fully saturated rings. The molecule has 0 aromatic heterocycles. The Morgan fingerprint density at radius 2 is 1.63 bits per heavy atom. The summed E-state index contributed by atoms with van der Waals surface area (Å²) in [5.74, 6) is 4.93. The van der Waals surface area contributed by atoms with E-state index >= 15 is 0 Å². The summed E-state index contributed by atoms with van der Waals surface area (Å²) in [5, 5.41) is 10.3. The fraction of sp³-hybridized carbons (Fsp3) is 1.00. The molecule has 4 aliphatic carbocycles. The van der Waals surface area contributed by atoms with Crippen LogP contribution in [-0.4, -0.2) is 29.7 Å². The first kappa shape index (κ1) is 20.5. The van der Waals surface area contributed by atoms with Crippen molar-refractivity contribution in [2.75, 3.05) is 6.61 Å². The van der Waals surface area contributed by atoms with Gasteiger partial charge in [-0.2, -0.15) is 0 Å². The molecule has 170 valence electrons. The van der Waals surface area contributed by atoms with E-state index in [0.29, 0.717) is 34.7 Å². The van der Waals surface area contributed by atoms with Gasteiger partial charge in [-0.15, -0.1) is 0 Å². The van der Waals surface area contributed by atoms with Gasteiger partial charge in [0.15, 0.2) is 5.79 Å². The summed E-state index contributed by atoms with van der Waals surface area (Å²) in [6, 6.07) is 0. The third-order valence-corrected chi connectivity index (χ3v) is 11.9. The van der Waals surface area contributed by atoms with E-state index in [-0.39, 0.29) is 11.9 Å². The van der Waals surface area contributed by atoms with Crippen LogP contribution in [0.4, 0.5) is 0 Å². The van der Waals surface area contributed by atoms with Crippen LogP contribution in [-0.2, 0) is 9.47 Å². The third kappa shape index (κ3) is 2.61. The molecule has 0 aromatic rings. The van der Waals surface area contributed by atoms with E-state index in [9.17, 15) is 5.11 Å². The van der Waals surface area contributed by atoms with Crippen LogP contribution in [0, 0.1) is 52.3 Å². The first-order valence-electron chi connectivity index (χ1n) is 13.3. The molecule has 12 atom stereocenters. The lowest BCUT2D eigenvalue weighted by molar-refractivity contribution is -0.273. The summed E-state index contributed by atoms with van der Waals surface area (Å²) in [6.45, 7) is 10.9. The van der Waals surface area contributed by atoms with Gasteiger partial charge in [0.05, 0.1) is 18.8 Å².